The van der Waals surface area contributed by atoms with Gasteiger partial charge in [-0.2, -0.15) is 5.01 Å². The SMILES string of the molecule is CCOC(=O)c1nc(N(N)C(=O)OCc2ccccc2)ccc1C. The maximum Gasteiger partial charge on any atom is 0.430 e. The molecule has 2 rings (SSSR count). The van der Waals surface area contributed by atoms with Gasteiger partial charge in [0.25, 0.3) is 0 Å². The second kappa shape index (κ2) is 8.07. The number of hydrogen-bond acceptors (Lipinski definition) is 6. The Morgan fingerprint density at radius 3 is 2.50 bits per heavy atom. The van der Waals surface area contributed by atoms with Crippen LogP contribution in [0.2, 0.25) is 0 Å². The molecule has 0 aliphatic heterocycles. The van der Waals surface area contributed by atoms with E-state index in [1.165, 1.54) is 6.07 Å². The van der Waals surface area contributed by atoms with Gasteiger partial charge in [0.15, 0.2) is 11.5 Å². The summed E-state index contributed by atoms with van der Waals surface area (Å²) in [4.78, 5) is 28.0. The lowest BCUT2D eigenvalue weighted by atomic mass is 10.2. The number of hydrogen-bond donors (Lipinski definition) is 1. The number of ether oxygens (including phenoxy) is 2. The van der Waals surface area contributed by atoms with Crippen LogP contribution in [0.25, 0.3) is 0 Å². The van der Waals surface area contributed by atoms with E-state index in [9.17, 15) is 9.59 Å². The number of aryl methyl sites for hydroxylation is 1. The minimum atomic E-state index is -0.773. The predicted octanol–water partition coefficient (Wildman–Crippen LogP) is 2.58. The number of hydrazine groups is 1. The lowest BCUT2D eigenvalue weighted by Crippen LogP contribution is -2.38. The summed E-state index contributed by atoms with van der Waals surface area (Å²) >= 11 is 0. The van der Waals surface area contributed by atoms with Gasteiger partial charge in [-0.1, -0.05) is 36.4 Å². The zero-order valence-electron chi connectivity index (χ0n) is 13.6. The summed E-state index contributed by atoms with van der Waals surface area (Å²) in [6.07, 6.45) is -0.773. The first kappa shape index (κ1) is 17.4. The van der Waals surface area contributed by atoms with Crippen molar-refractivity contribution < 1.29 is 19.1 Å². The van der Waals surface area contributed by atoms with Crippen molar-refractivity contribution in [1.29, 1.82) is 0 Å². The fourth-order valence-electron chi connectivity index (χ4n) is 1.94. The van der Waals surface area contributed by atoms with Gasteiger partial charge in [0.1, 0.15) is 6.61 Å². The zero-order valence-corrected chi connectivity index (χ0v) is 13.6. The first-order chi connectivity index (χ1) is 11.5. The molecule has 126 valence electrons. The Morgan fingerprint density at radius 2 is 1.83 bits per heavy atom. The Balaban J connectivity index is 2.08. The van der Waals surface area contributed by atoms with Gasteiger partial charge >= 0.3 is 12.1 Å². The van der Waals surface area contributed by atoms with Crippen molar-refractivity contribution in [2.24, 2.45) is 5.84 Å². The number of carbonyl (C=O) groups excluding carboxylic acids is 2. The van der Waals surface area contributed by atoms with Crippen LogP contribution in [0.15, 0.2) is 42.5 Å². The second-order valence-electron chi connectivity index (χ2n) is 4.97. The summed E-state index contributed by atoms with van der Waals surface area (Å²) in [6.45, 7) is 3.74. The molecule has 0 fully saturated rings. The largest absolute Gasteiger partial charge is 0.461 e. The molecule has 2 N–H and O–H groups in total. The number of aromatic nitrogens is 1. The molecule has 0 spiro atoms. The number of carbonyl (C=O) groups is 2. The first-order valence-electron chi connectivity index (χ1n) is 7.43. The fraction of sp³-hybridized carbons (Fsp3) is 0.235. The van der Waals surface area contributed by atoms with E-state index in [1.54, 1.807) is 19.9 Å². The molecular formula is C17H19N3O4. The van der Waals surface area contributed by atoms with Gasteiger partial charge in [-0.05, 0) is 31.0 Å². The van der Waals surface area contributed by atoms with E-state index < -0.39 is 12.1 Å². The standard InChI is InChI=1S/C17H19N3O4/c1-3-23-16(21)15-12(2)9-10-14(19-15)20(18)17(22)24-11-13-7-5-4-6-8-13/h4-10H,3,11,18H2,1-2H3. The molecule has 1 aromatic heterocycles. The van der Waals surface area contributed by atoms with Gasteiger partial charge in [0, 0.05) is 0 Å². The van der Waals surface area contributed by atoms with Crippen LogP contribution in [0.4, 0.5) is 10.6 Å². The van der Waals surface area contributed by atoms with Crippen LogP contribution in [0.1, 0.15) is 28.5 Å². The average molecular weight is 329 g/mol. The highest BCUT2D eigenvalue weighted by Gasteiger charge is 2.19. The number of anilines is 1. The highest BCUT2D eigenvalue weighted by atomic mass is 16.6. The van der Waals surface area contributed by atoms with Gasteiger partial charge in [-0.15, -0.1) is 0 Å². The molecule has 1 heterocycles. The third-order valence-electron chi connectivity index (χ3n) is 3.20. The maximum absolute atomic E-state index is 12.0. The smallest absolute Gasteiger partial charge is 0.430 e. The monoisotopic (exact) mass is 329 g/mol. The van der Waals surface area contributed by atoms with E-state index in [2.05, 4.69) is 4.98 Å². The Morgan fingerprint density at radius 1 is 1.12 bits per heavy atom. The molecule has 2 aromatic rings. The molecule has 7 heteroatoms. The summed E-state index contributed by atoms with van der Waals surface area (Å²) in [5.74, 6) is 5.27. The minimum Gasteiger partial charge on any atom is -0.461 e. The van der Waals surface area contributed by atoms with Gasteiger partial charge in [0.2, 0.25) is 0 Å². The van der Waals surface area contributed by atoms with Crippen LogP contribution in [-0.4, -0.2) is 23.7 Å². The second-order valence-corrected chi connectivity index (χ2v) is 4.97. The Hall–Kier alpha value is -2.93. The van der Waals surface area contributed by atoms with E-state index in [0.29, 0.717) is 5.56 Å². The lowest BCUT2D eigenvalue weighted by Gasteiger charge is -2.16. The number of rotatable bonds is 5. The van der Waals surface area contributed by atoms with Gasteiger partial charge < -0.3 is 9.47 Å². The van der Waals surface area contributed by atoms with Crippen molar-refractivity contribution in [3.05, 3.63) is 59.3 Å². The number of benzene rings is 1. The van der Waals surface area contributed by atoms with Crippen molar-refractivity contribution in [2.75, 3.05) is 11.6 Å². The number of nitrogens with zero attached hydrogens (tertiary/aromatic N) is 2. The normalized spacial score (nSPS) is 10.1. The molecular weight excluding hydrogens is 310 g/mol. The number of esters is 1. The molecule has 0 saturated carbocycles. The summed E-state index contributed by atoms with van der Waals surface area (Å²) in [6, 6.07) is 12.4. The van der Waals surface area contributed by atoms with Crippen LogP contribution < -0.4 is 10.9 Å². The van der Waals surface area contributed by atoms with E-state index in [4.69, 9.17) is 15.3 Å². The highest BCUT2D eigenvalue weighted by Crippen LogP contribution is 2.15. The average Bonchev–Trinajstić information content (AvgIpc) is 2.60. The molecule has 0 saturated heterocycles. The molecule has 1 amide bonds. The number of nitrogens with two attached hydrogens (primary N) is 1. The van der Waals surface area contributed by atoms with Crippen LogP contribution >= 0.6 is 0 Å². The van der Waals surface area contributed by atoms with Crippen molar-refractivity contribution in [3.8, 4) is 0 Å². The Bertz CT molecular complexity index is 719. The molecule has 0 aliphatic carbocycles. The zero-order chi connectivity index (χ0) is 17.5. The summed E-state index contributed by atoms with van der Waals surface area (Å²) in [5, 5.41) is 0.755. The van der Waals surface area contributed by atoms with Gasteiger partial charge in [-0.3, -0.25) is 0 Å². The third kappa shape index (κ3) is 4.30. The topological polar surface area (TPSA) is 94.8 Å². The lowest BCUT2D eigenvalue weighted by molar-refractivity contribution is 0.0518. The van der Waals surface area contributed by atoms with Crippen LogP contribution in [0.5, 0.6) is 0 Å². The summed E-state index contributed by atoms with van der Waals surface area (Å²) in [7, 11) is 0. The molecule has 0 aliphatic rings. The van der Waals surface area contributed by atoms with Crippen molar-refractivity contribution in [2.45, 2.75) is 20.5 Å². The number of amides is 1. The number of pyridine rings is 1. The summed E-state index contributed by atoms with van der Waals surface area (Å²) in [5.41, 5.74) is 1.58. The molecule has 0 radical (unpaired) electrons. The fourth-order valence-corrected chi connectivity index (χ4v) is 1.94. The predicted molar refractivity (Wildman–Crippen MR) is 88.2 cm³/mol. The highest BCUT2D eigenvalue weighted by molar-refractivity contribution is 5.91. The van der Waals surface area contributed by atoms with Crippen LogP contribution in [0.3, 0.4) is 0 Å². The molecule has 0 unspecified atom stereocenters. The Kier molecular flexibility index (Phi) is 5.86. The van der Waals surface area contributed by atoms with Crippen LogP contribution in [0, 0.1) is 6.92 Å². The maximum atomic E-state index is 12.0. The van der Waals surface area contributed by atoms with E-state index in [-0.39, 0.29) is 24.7 Å². The van der Waals surface area contributed by atoms with E-state index in [1.807, 2.05) is 30.3 Å². The van der Waals surface area contributed by atoms with Gasteiger partial charge in [0.05, 0.1) is 6.61 Å². The molecule has 1 aromatic carbocycles. The molecule has 24 heavy (non-hydrogen) atoms. The third-order valence-corrected chi connectivity index (χ3v) is 3.20. The van der Waals surface area contributed by atoms with Crippen molar-refractivity contribution in [3.63, 3.8) is 0 Å². The molecule has 0 atom stereocenters. The molecule has 0 bridgehead atoms. The van der Waals surface area contributed by atoms with E-state index >= 15 is 0 Å². The van der Waals surface area contributed by atoms with Crippen molar-refractivity contribution in [1.82, 2.24) is 4.98 Å². The van der Waals surface area contributed by atoms with E-state index in [0.717, 1.165) is 10.6 Å². The quantitative estimate of drug-likeness (QED) is 0.392. The van der Waals surface area contributed by atoms with Gasteiger partial charge in [-0.25, -0.2) is 20.4 Å². The summed E-state index contributed by atoms with van der Waals surface area (Å²) < 4.78 is 10.1. The molecule has 7 nitrogen and oxygen atoms in total. The van der Waals surface area contributed by atoms with Crippen molar-refractivity contribution >= 4 is 17.9 Å². The Labute approximate surface area is 140 Å². The van der Waals surface area contributed by atoms with Crippen LogP contribution in [-0.2, 0) is 16.1 Å². The minimum absolute atomic E-state index is 0.0873. The first-order valence-corrected chi connectivity index (χ1v) is 7.43.